The van der Waals surface area contributed by atoms with Crippen LogP contribution in [0.5, 0.6) is 0 Å². The first kappa shape index (κ1) is 13.6. The van der Waals surface area contributed by atoms with Gasteiger partial charge in [-0.15, -0.1) is 12.3 Å². The summed E-state index contributed by atoms with van der Waals surface area (Å²) in [5.41, 5.74) is 0.572. The molecule has 1 fully saturated rings. The van der Waals surface area contributed by atoms with Crippen molar-refractivity contribution in [3.63, 3.8) is 0 Å². The number of benzene rings is 1. The Bertz CT molecular complexity index is 490. The zero-order valence-corrected chi connectivity index (χ0v) is 12.5. The fourth-order valence-corrected chi connectivity index (χ4v) is 2.95. The molecule has 1 heterocycles. The maximum atomic E-state index is 6.04. The Balaban J connectivity index is 2.42. The summed E-state index contributed by atoms with van der Waals surface area (Å²) in [5, 5.41) is 0. The van der Waals surface area contributed by atoms with Gasteiger partial charge in [0.2, 0.25) is 0 Å². The van der Waals surface area contributed by atoms with Gasteiger partial charge in [0.25, 0.3) is 0 Å². The second-order valence-electron chi connectivity index (χ2n) is 5.21. The van der Waals surface area contributed by atoms with Gasteiger partial charge >= 0.3 is 0 Å². The third-order valence-electron chi connectivity index (χ3n) is 3.08. The number of hydrogen-bond acceptors (Lipinski definition) is 2. The van der Waals surface area contributed by atoms with Crippen LogP contribution in [0.1, 0.15) is 38.9 Å². The van der Waals surface area contributed by atoms with Crippen molar-refractivity contribution in [2.24, 2.45) is 0 Å². The summed E-state index contributed by atoms with van der Waals surface area (Å²) in [4.78, 5) is 0. The second-order valence-corrected chi connectivity index (χ2v) is 6.07. The Morgan fingerprint density at radius 2 is 2.00 bits per heavy atom. The van der Waals surface area contributed by atoms with Crippen LogP contribution < -0.4 is 0 Å². The number of ether oxygens (including phenoxy) is 2. The summed E-state index contributed by atoms with van der Waals surface area (Å²) < 4.78 is 13.1. The van der Waals surface area contributed by atoms with Crippen molar-refractivity contribution in [2.45, 2.75) is 44.7 Å². The molecule has 3 heteroatoms. The molecule has 2 atom stereocenters. The zero-order chi connectivity index (χ0) is 13.4. The van der Waals surface area contributed by atoms with Crippen LogP contribution in [0.4, 0.5) is 0 Å². The molecule has 2 rings (SSSR count). The van der Waals surface area contributed by atoms with Crippen molar-refractivity contribution in [3.05, 3.63) is 34.3 Å². The van der Waals surface area contributed by atoms with Crippen molar-refractivity contribution in [2.75, 3.05) is 0 Å². The van der Waals surface area contributed by atoms with E-state index in [-0.39, 0.29) is 6.10 Å². The largest absolute Gasteiger partial charge is 0.340 e. The van der Waals surface area contributed by atoms with E-state index in [2.05, 4.69) is 21.9 Å². The molecule has 1 aliphatic heterocycles. The van der Waals surface area contributed by atoms with Crippen LogP contribution in [0.25, 0.3) is 0 Å². The summed E-state index contributed by atoms with van der Waals surface area (Å²) in [6.45, 7) is 5.84. The standard InChI is InChI=1S/C15H17BrO2/c1-5-10-15(4)13(17-14(2,3)18-15)11-8-6-7-9-12(11)16/h1,6-9,13H,10H2,2-4H3/t13-,15-/m1/s1. The monoisotopic (exact) mass is 308 g/mol. The van der Waals surface area contributed by atoms with E-state index in [9.17, 15) is 0 Å². The molecule has 0 saturated carbocycles. The minimum atomic E-state index is -0.619. The van der Waals surface area contributed by atoms with Crippen LogP contribution in [0.2, 0.25) is 0 Å². The van der Waals surface area contributed by atoms with Gasteiger partial charge in [0.15, 0.2) is 5.79 Å². The first-order valence-corrected chi connectivity index (χ1v) is 6.73. The van der Waals surface area contributed by atoms with Gasteiger partial charge in [-0.3, -0.25) is 0 Å². The third kappa shape index (κ3) is 2.47. The van der Waals surface area contributed by atoms with Crippen molar-refractivity contribution in [3.8, 4) is 12.3 Å². The molecular weight excluding hydrogens is 292 g/mol. The van der Waals surface area contributed by atoms with E-state index in [1.54, 1.807) is 0 Å². The Hall–Kier alpha value is -0.820. The summed E-state index contributed by atoms with van der Waals surface area (Å²) in [6.07, 6.45) is 5.81. The van der Waals surface area contributed by atoms with Crippen LogP contribution in [-0.2, 0) is 9.47 Å². The molecule has 1 saturated heterocycles. The molecule has 0 N–H and O–H groups in total. The molecule has 0 aliphatic carbocycles. The summed E-state index contributed by atoms with van der Waals surface area (Å²) >= 11 is 3.56. The van der Waals surface area contributed by atoms with E-state index < -0.39 is 11.4 Å². The lowest BCUT2D eigenvalue weighted by molar-refractivity contribution is -0.159. The predicted octanol–water partition coefficient (Wildman–Crippen LogP) is 4.06. The number of halogens is 1. The minimum absolute atomic E-state index is 0.167. The first-order valence-electron chi connectivity index (χ1n) is 5.94. The van der Waals surface area contributed by atoms with Gasteiger partial charge in [-0.2, -0.15) is 0 Å². The minimum Gasteiger partial charge on any atom is -0.340 e. The Morgan fingerprint density at radius 3 is 2.61 bits per heavy atom. The molecule has 18 heavy (non-hydrogen) atoms. The van der Waals surface area contributed by atoms with Crippen LogP contribution >= 0.6 is 15.9 Å². The SMILES string of the molecule is C#CC[C@@]1(C)OC(C)(C)O[C@@H]1c1ccccc1Br. The van der Waals surface area contributed by atoms with E-state index in [0.29, 0.717) is 6.42 Å². The van der Waals surface area contributed by atoms with E-state index >= 15 is 0 Å². The topological polar surface area (TPSA) is 18.5 Å². The molecule has 96 valence electrons. The van der Waals surface area contributed by atoms with Gasteiger partial charge in [0.1, 0.15) is 11.7 Å². The van der Waals surface area contributed by atoms with Crippen molar-refractivity contribution >= 4 is 15.9 Å². The lowest BCUT2D eigenvalue weighted by Crippen LogP contribution is -2.32. The average molecular weight is 309 g/mol. The molecule has 0 amide bonds. The Morgan fingerprint density at radius 1 is 1.33 bits per heavy atom. The highest BCUT2D eigenvalue weighted by Crippen LogP contribution is 2.48. The van der Waals surface area contributed by atoms with Crippen molar-refractivity contribution < 1.29 is 9.47 Å². The van der Waals surface area contributed by atoms with Gasteiger partial charge < -0.3 is 9.47 Å². The zero-order valence-electron chi connectivity index (χ0n) is 10.9. The molecule has 1 aromatic carbocycles. The normalized spacial score (nSPS) is 30.1. The maximum Gasteiger partial charge on any atom is 0.164 e. The Labute approximate surface area is 117 Å². The molecule has 0 radical (unpaired) electrons. The van der Waals surface area contributed by atoms with Gasteiger partial charge in [0.05, 0.1) is 0 Å². The maximum absolute atomic E-state index is 6.04. The van der Waals surface area contributed by atoms with E-state index in [1.807, 2.05) is 45.0 Å². The molecule has 0 bridgehead atoms. The average Bonchev–Trinajstić information content (AvgIpc) is 2.50. The Kier molecular flexibility index (Phi) is 3.55. The predicted molar refractivity (Wildman–Crippen MR) is 75.0 cm³/mol. The van der Waals surface area contributed by atoms with Gasteiger partial charge in [-0.25, -0.2) is 0 Å². The molecule has 0 spiro atoms. The summed E-state index contributed by atoms with van der Waals surface area (Å²) in [6, 6.07) is 8.01. The third-order valence-corrected chi connectivity index (χ3v) is 3.80. The molecular formula is C15H17BrO2. The summed E-state index contributed by atoms with van der Waals surface area (Å²) in [5.74, 6) is 2.07. The quantitative estimate of drug-likeness (QED) is 0.767. The van der Waals surface area contributed by atoms with E-state index in [0.717, 1.165) is 10.0 Å². The van der Waals surface area contributed by atoms with Crippen LogP contribution in [0.15, 0.2) is 28.7 Å². The highest BCUT2D eigenvalue weighted by atomic mass is 79.9. The smallest absolute Gasteiger partial charge is 0.164 e. The highest BCUT2D eigenvalue weighted by Gasteiger charge is 2.50. The van der Waals surface area contributed by atoms with Gasteiger partial charge in [-0.05, 0) is 32.4 Å². The second kappa shape index (κ2) is 4.70. The van der Waals surface area contributed by atoms with Crippen molar-refractivity contribution in [1.82, 2.24) is 0 Å². The fourth-order valence-electron chi connectivity index (χ4n) is 2.46. The van der Waals surface area contributed by atoms with Gasteiger partial charge in [0, 0.05) is 10.9 Å². The van der Waals surface area contributed by atoms with Crippen molar-refractivity contribution in [1.29, 1.82) is 0 Å². The molecule has 1 aromatic rings. The van der Waals surface area contributed by atoms with Crippen LogP contribution in [-0.4, -0.2) is 11.4 Å². The molecule has 0 aromatic heterocycles. The van der Waals surface area contributed by atoms with E-state index in [1.165, 1.54) is 0 Å². The number of terminal acetylenes is 1. The van der Waals surface area contributed by atoms with Crippen LogP contribution in [0.3, 0.4) is 0 Å². The lowest BCUT2D eigenvalue weighted by Gasteiger charge is -2.27. The molecule has 2 nitrogen and oxygen atoms in total. The fraction of sp³-hybridized carbons (Fsp3) is 0.467. The molecule has 1 aliphatic rings. The molecule has 0 unspecified atom stereocenters. The summed E-state index contributed by atoms with van der Waals surface area (Å²) in [7, 11) is 0. The van der Waals surface area contributed by atoms with Crippen LogP contribution in [0, 0.1) is 12.3 Å². The number of rotatable bonds is 2. The highest BCUT2D eigenvalue weighted by molar-refractivity contribution is 9.10. The number of hydrogen-bond donors (Lipinski definition) is 0. The van der Waals surface area contributed by atoms with E-state index in [4.69, 9.17) is 15.9 Å². The first-order chi connectivity index (χ1) is 8.38. The van der Waals surface area contributed by atoms with Gasteiger partial charge in [-0.1, -0.05) is 34.1 Å². The lowest BCUT2D eigenvalue weighted by atomic mass is 9.90.